The number of nitrogens with zero attached hydrogens (tertiary/aromatic N) is 1. The van der Waals surface area contributed by atoms with Gasteiger partial charge in [-0.05, 0) is 55.2 Å². The Kier molecular flexibility index (Phi) is 8.70. The summed E-state index contributed by atoms with van der Waals surface area (Å²) in [4.78, 5) is 1.94. The lowest BCUT2D eigenvalue weighted by Crippen LogP contribution is -2.47. The molecule has 0 spiro atoms. The van der Waals surface area contributed by atoms with Crippen molar-refractivity contribution in [3.05, 3.63) is 65.0 Å². The number of hydrogen-bond acceptors (Lipinski definition) is 6. The average molecular weight is 510 g/mol. The second-order valence-electron chi connectivity index (χ2n) is 8.27. The van der Waals surface area contributed by atoms with E-state index < -0.39 is 45.1 Å². The van der Waals surface area contributed by atoms with Crippen molar-refractivity contribution < 1.29 is 45.9 Å². The van der Waals surface area contributed by atoms with Crippen LogP contribution in [0.1, 0.15) is 42.6 Å². The van der Waals surface area contributed by atoms with Crippen LogP contribution in [0.4, 0.5) is 17.6 Å². The van der Waals surface area contributed by atoms with Gasteiger partial charge in [-0.15, -0.1) is 0 Å². The Labute approximate surface area is 195 Å². The van der Waals surface area contributed by atoms with Crippen LogP contribution in [0.2, 0.25) is 0 Å². The standard InChI is InChI=1S/C21H23F4NO3.CH4O3S/c1-13(19(28)14-2-7-18(27)17(22)12-14)26-10-8-20(29,9-11-26)15-3-5-16(6-4-15)21(23,24)25;1-5(2,3)4/h2-7,12-13,19,27-29H,8-11H2,1H3;1H3,(H,2,3,4)/t13-,19+;/m1./s1. The minimum atomic E-state index is -4.43. The lowest BCUT2D eigenvalue weighted by molar-refractivity contribution is -0.137. The van der Waals surface area contributed by atoms with Gasteiger partial charge in [0.2, 0.25) is 0 Å². The lowest BCUT2D eigenvalue weighted by Gasteiger charge is -2.42. The highest BCUT2D eigenvalue weighted by Crippen LogP contribution is 2.37. The number of piperidine rings is 1. The number of rotatable bonds is 4. The first kappa shape index (κ1) is 28.0. The fraction of sp³-hybridized carbons (Fsp3) is 0.455. The van der Waals surface area contributed by atoms with Gasteiger partial charge in [0.25, 0.3) is 10.1 Å². The third-order valence-corrected chi connectivity index (χ3v) is 5.72. The van der Waals surface area contributed by atoms with Gasteiger partial charge >= 0.3 is 6.18 Å². The van der Waals surface area contributed by atoms with Crippen LogP contribution >= 0.6 is 0 Å². The molecule has 7 nitrogen and oxygen atoms in total. The third-order valence-electron chi connectivity index (χ3n) is 5.72. The molecule has 2 atom stereocenters. The first-order valence-corrected chi connectivity index (χ1v) is 12.1. The summed E-state index contributed by atoms with van der Waals surface area (Å²) in [6, 6.07) is 7.86. The molecule has 0 saturated carbocycles. The molecule has 3 rings (SSSR count). The van der Waals surface area contributed by atoms with Gasteiger partial charge in [0.1, 0.15) is 0 Å². The van der Waals surface area contributed by atoms with Crippen molar-refractivity contribution >= 4 is 10.1 Å². The monoisotopic (exact) mass is 509 g/mol. The summed E-state index contributed by atoms with van der Waals surface area (Å²) in [5.41, 5.74) is -1.24. The van der Waals surface area contributed by atoms with E-state index in [-0.39, 0.29) is 6.04 Å². The Morgan fingerprint density at radius 1 is 1.06 bits per heavy atom. The summed E-state index contributed by atoms with van der Waals surface area (Å²) in [5.74, 6) is -1.31. The van der Waals surface area contributed by atoms with Crippen LogP contribution in [0.5, 0.6) is 5.75 Å². The fourth-order valence-corrected chi connectivity index (χ4v) is 3.74. The summed E-state index contributed by atoms with van der Waals surface area (Å²) in [6.07, 6.45) is -4.13. The van der Waals surface area contributed by atoms with E-state index in [1.165, 1.54) is 24.3 Å². The first-order chi connectivity index (χ1) is 15.5. The number of aliphatic hydroxyl groups is 2. The number of aromatic hydroxyl groups is 1. The number of benzene rings is 2. The van der Waals surface area contributed by atoms with E-state index in [1.54, 1.807) is 6.92 Å². The van der Waals surface area contributed by atoms with E-state index >= 15 is 0 Å². The van der Waals surface area contributed by atoms with Gasteiger partial charge in [-0.3, -0.25) is 9.45 Å². The van der Waals surface area contributed by atoms with E-state index in [9.17, 15) is 41.3 Å². The highest BCUT2D eigenvalue weighted by Gasteiger charge is 2.38. The van der Waals surface area contributed by atoms with Crippen LogP contribution in [0.25, 0.3) is 0 Å². The highest BCUT2D eigenvalue weighted by molar-refractivity contribution is 7.85. The molecular weight excluding hydrogens is 482 g/mol. The van der Waals surface area contributed by atoms with E-state index in [0.29, 0.717) is 43.3 Å². The van der Waals surface area contributed by atoms with Gasteiger partial charge in [-0.2, -0.15) is 21.6 Å². The van der Waals surface area contributed by atoms with E-state index in [0.717, 1.165) is 18.2 Å². The molecule has 34 heavy (non-hydrogen) atoms. The van der Waals surface area contributed by atoms with Crippen LogP contribution < -0.4 is 0 Å². The summed E-state index contributed by atoms with van der Waals surface area (Å²) in [6.45, 7) is 2.60. The van der Waals surface area contributed by atoms with Crippen molar-refractivity contribution in [1.29, 1.82) is 0 Å². The number of phenolic OH excluding ortho intramolecular Hbond substituents is 1. The van der Waals surface area contributed by atoms with Crippen LogP contribution in [-0.2, 0) is 21.9 Å². The van der Waals surface area contributed by atoms with Gasteiger partial charge in [-0.1, -0.05) is 18.2 Å². The number of halogens is 4. The first-order valence-electron chi connectivity index (χ1n) is 10.2. The van der Waals surface area contributed by atoms with Gasteiger partial charge < -0.3 is 15.3 Å². The number of hydrogen-bond donors (Lipinski definition) is 4. The molecule has 2 aromatic rings. The van der Waals surface area contributed by atoms with Gasteiger partial charge in [0, 0.05) is 19.1 Å². The second-order valence-corrected chi connectivity index (χ2v) is 9.74. The maximum absolute atomic E-state index is 13.6. The van der Waals surface area contributed by atoms with Crippen molar-refractivity contribution in [2.24, 2.45) is 0 Å². The van der Waals surface area contributed by atoms with Crippen molar-refractivity contribution in [3.63, 3.8) is 0 Å². The molecule has 0 amide bonds. The zero-order valence-corrected chi connectivity index (χ0v) is 19.3. The molecule has 0 aromatic heterocycles. The van der Waals surface area contributed by atoms with Crippen LogP contribution in [0.15, 0.2) is 42.5 Å². The number of aliphatic hydroxyl groups excluding tert-OH is 1. The van der Waals surface area contributed by atoms with Crippen LogP contribution in [0.3, 0.4) is 0 Å². The largest absolute Gasteiger partial charge is 0.505 e. The molecule has 0 aliphatic carbocycles. The summed E-state index contributed by atoms with van der Waals surface area (Å²) < 4.78 is 77.6. The quantitative estimate of drug-likeness (QED) is 0.368. The predicted octanol–water partition coefficient (Wildman–Crippen LogP) is 3.46. The number of likely N-dealkylation sites (tertiary alicyclic amines) is 1. The zero-order valence-electron chi connectivity index (χ0n) is 18.5. The summed E-state index contributed by atoms with van der Waals surface area (Å²) in [5, 5.41) is 30.7. The van der Waals surface area contributed by atoms with Gasteiger partial charge in [-0.25, -0.2) is 4.39 Å². The highest BCUT2D eigenvalue weighted by atomic mass is 32.2. The fourth-order valence-electron chi connectivity index (χ4n) is 3.74. The molecule has 0 bridgehead atoms. The van der Waals surface area contributed by atoms with Gasteiger partial charge in [0.05, 0.1) is 23.5 Å². The summed E-state index contributed by atoms with van der Waals surface area (Å²) in [7, 11) is -3.67. The smallest absolute Gasteiger partial charge is 0.416 e. The Bertz CT molecular complexity index is 1060. The molecule has 1 saturated heterocycles. The van der Waals surface area contributed by atoms with Crippen molar-refractivity contribution in [2.75, 3.05) is 19.3 Å². The SMILES string of the molecule is CS(=O)(=O)O.C[C@H]([C@H](O)c1ccc(O)c(F)c1)N1CCC(O)(c2ccc(C(F)(F)F)cc2)CC1. The minimum Gasteiger partial charge on any atom is -0.505 e. The Balaban J connectivity index is 0.000000739. The molecule has 1 aliphatic rings. The van der Waals surface area contributed by atoms with E-state index in [2.05, 4.69) is 0 Å². The zero-order chi connectivity index (χ0) is 25.9. The van der Waals surface area contributed by atoms with Crippen LogP contribution in [0, 0.1) is 5.82 Å². The third kappa shape index (κ3) is 7.64. The average Bonchev–Trinajstić information content (AvgIpc) is 2.73. The molecule has 12 heteroatoms. The Morgan fingerprint density at radius 3 is 2.00 bits per heavy atom. The Morgan fingerprint density at radius 2 is 1.56 bits per heavy atom. The summed E-state index contributed by atoms with van der Waals surface area (Å²) >= 11 is 0. The maximum atomic E-state index is 13.6. The lowest BCUT2D eigenvalue weighted by atomic mass is 9.83. The maximum Gasteiger partial charge on any atom is 0.416 e. The molecule has 1 heterocycles. The van der Waals surface area contributed by atoms with Crippen molar-refractivity contribution in [2.45, 2.75) is 43.7 Å². The predicted molar refractivity (Wildman–Crippen MR) is 116 cm³/mol. The Hall–Kier alpha value is -2.25. The number of alkyl halides is 3. The second kappa shape index (κ2) is 10.6. The molecule has 4 N–H and O–H groups in total. The molecule has 190 valence electrons. The molecule has 0 unspecified atom stereocenters. The van der Waals surface area contributed by atoms with Crippen molar-refractivity contribution in [3.8, 4) is 5.75 Å². The molecule has 1 fully saturated rings. The normalized spacial score (nSPS) is 18.5. The molecule has 1 aliphatic heterocycles. The van der Waals surface area contributed by atoms with E-state index in [1.807, 2.05) is 4.90 Å². The van der Waals surface area contributed by atoms with E-state index in [4.69, 9.17) is 4.55 Å². The molecular formula is C22H27F4NO6S. The molecule has 0 radical (unpaired) electrons. The van der Waals surface area contributed by atoms with Gasteiger partial charge in [0.15, 0.2) is 11.6 Å². The molecule has 2 aromatic carbocycles. The van der Waals surface area contributed by atoms with Crippen LogP contribution in [-0.4, -0.2) is 58.6 Å². The van der Waals surface area contributed by atoms with Crippen molar-refractivity contribution in [1.82, 2.24) is 4.90 Å². The topological polar surface area (TPSA) is 118 Å². The minimum absolute atomic E-state index is 0.291. The number of phenols is 1.